The van der Waals surface area contributed by atoms with E-state index >= 15 is 0 Å². The molecule has 0 amide bonds. The number of esters is 1. The zero-order valence-corrected chi connectivity index (χ0v) is 25.8. The zero-order chi connectivity index (χ0) is 31.6. The van der Waals surface area contributed by atoms with Crippen molar-refractivity contribution in [2.24, 2.45) is 4.99 Å². The molecule has 7 nitrogen and oxygen atoms in total. The average Bonchev–Trinajstić information content (AvgIpc) is 3.61. The minimum Gasteiger partial charge on any atom is -0.463 e. The van der Waals surface area contributed by atoms with E-state index in [1.807, 2.05) is 121 Å². The van der Waals surface area contributed by atoms with E-state index in [1.165, 1.54) is 11.3 Å². The molecule has 7 rings (SSSR count). The maximum Gasteiger partial charge on any atom is 0.338 e. The quantitative estimate of drug-likeness (QED) is 0.211. The van der Waals surface area contributed by atoms with Crippen LogP contribution in [0.3, 0.4) is 0 Å². The molecule has 1 atom stereocenters. The molecular formula is C38H28N4O3S. The summed E-state index contributed by atoms with van der Waals surface area (Å²) in [6.45, 7) is 2.47. The fraction of sp³-hybridized carbons (Fsp3) is 0.105. The molecule has 0 unspecified atom stereocenters. The van der Waals surface area contributed by atoms with Crippen molar-refractivity contribution in [2.45, 2.75) is 19.5 Å². The third kappa shape index (κ3) is 5.17. The number of hydrogen-bond acceptors (Lipinski definition) is 6. The Balaban J connectivity index is 1.44. The summed E-state index contributed by atoms with van der Waals surface area (Å²) in [5, 5.41) is 10.6. The van der Waals surface area contributed by atoms with Gasteiger partial charge in [0.15, 0.2) is 4.80 Å². The molecule has 3 heterocycles. The third-order valence-corrected chi connectivity index (χ3v) is 9.06. The number of fused-ring (bicyclic) bond motifs is 2. The molecule has 4 aromatic carbocycles. The monoisotopic (exact) mass is 620 g/mol. The molecule has 8 heteroatoms. The SMILES string of the molecule is CCOC(=O)C1=C(c2ccccc2)N=c2s/c(=C/c3cn(Cc4ccccc4C#N)c4ccccc34)c(=O)n2[C@H]1c1ccccc1. The summed E-state index contributed by atoms with van der Waals surface area (Å²) in [6.07, 6.45) is 3.92. The van der Waals surface area contributed by atoms with E-state index in [9.17, 15) is 14.9 Å². The fourth-order valence-corrected chi connectivity index (χ4v) is 7.00. The standard InChI is InChI=1S/C38H28N4O3S/c1-2-45-37(44)33-34(25-13-5-3-6-14-25)40-38-42(35(33)26-15-7-4-8-16-26)36(43)32(46-38)21-29-24-41(31-20-12-11-19-30(29)31)23-28-18-10-9-17-27(28)22-39/h3-21,24,35H,2,23H2,1H3/b32-21+/t35-/m0/s1. The van der Waals surface area contributed by atoms with Gasteiger partial charge in [-0.15, -0.1) is 0 Å². The van der Waals surface area contributed by atoms with Crippen LogP contribution >= 0.6 is 11.3 Å². The van der Waals surface area contributed by atoms with Gasteiger partial charge in [-0.25, -0.2) is 9.79 Å². The first kappa shape index (κ1) is 29.0. The summed E-state index contributed by atoms with van der Waals surface area (Å²) in [6, 6.07) is 36.2. The fourth-order valence-electron chi connectivity index (χ4n) is 6.00. The molecule has 0 N–H and O–H groups in total. The minimum absolute atomic E-state index is 0.194. The van der Waals surface area contributed by atoms with Gasteiger partial charge in [0.2, 0.25) is 0 Å². The van der Waals surface area contributed by atoms with Crippen LogP contribution in [0.1, 0.15) is 40.8 Å². The van der Waals surface area contributed by atoms with Crippen molar-refractivity contribution in [3.63, 3.8) is 0 Å². The summed E-state index contributed by atoms with van der Waals surface area (Å²) in [5.74, 6) is -0.506. The van der Waals surface area contributed by atoms with Crippen molar-refractivity contribution in [3.05, 3.63) is 168 Å². The second-order valence-corrected chi connectivity index (χ2v) is 11.8. The average molecular weight is 621 g/mol. The van der Waals surface area contributed by atoms with Gasteiger partial charge in [0.1, 0.15) is 0 Å². The Morgan fingerprint density at radius 2 is 1.65 bits per heavy atom. The Bertz CT molecular complexity index is 2360. The van der Waals surface area contributed by atoms with E-state index in [0.29, 0.717) is 32.7 Å². The van der Waals surface area contributed by atoms with Crippen molar-refractivity contribution in [2.75, 3.05) is 6.61 Å². The van der Waals surface area contributed by atoms with Crippen LogP contribution in [0, 0.1) is 11.3 Å². The van der Waals surface area contributed by atoms with Crippen LogP contribution in [0.4, 0.5) is 0 Å². The number of carbonyl (C=O) groups excluding carboxylic acids is 1. The predicted octanol–water partition coefficient (Wildman–Crippen LogP) is 5.81. The summed E-state index contributed by atoms with van der Waals surface area (Å²) in [5.41, 5.74) is 5.55. The molecule has 2 aromatic heterocycles. The summed E-state index contributed by atoms with van der Waals surface area (Å²) < 4.78 is 9.78. The predicted molar refractivity (Wildman–Crippen MR) is 180 cm³/mol. The van der Waals surface area contributed by atoms with Gasteiger partial charge in [0.05, 0.1) is 40.1 Å². The molecular weight excluding hydrogens is 593 g/mol. The lowest BCUT2D eigenvalue weighted by Gasteiger charge is -2.25. The smallest absolute Gasteiger partial charge is 0.338 e. The Morgan fingerprint density at radius 1 is 0.957 bits per heavy atom. The third-order valence-electron chi connectivity index (χ3n) is 8.07. The lowest BCUT2D eigenvalue weighted by molar-refractivity contribution is -0.138. The highest BCUT2D eigenvalue weighted by Gasteiger charge is 2.35. The number of para-hydroxylation sites is 1. The van der Waals surface area contributed by atoms with Crippen LogP contribution in [0.25, 0.3) is 22.7 Å². The number of thiazole rings is 1. The van der Waals surface area contributed by atoms with Crippen molar-refractivity contribution in [1.82, 2.24) is 9.13 Å². The second kappa shape index (κ2) is 12.3. The van der Waals surface area contributed by atoms with Gasteiger partial charge < -0.3 is 9.30 Å². The van der Waals surface area contributed by atoms with Gasteiger partial charge in [-0.1, -0.05) is 108 Å². The van der Waals surface area contributed by atoms with Crippen LogP contribution < -0.4 is 14.9 Å². The van der Waals surface area contributed by atoms with E-state index in [-0.39, 0.29) is 12.2 Å². The molecule has 0 aliphatic carbocycles. The van der Waals surface area contributed by atoms with E-state index < -0.39 is 12.0 Å². The van der Waals surface area contributed by atoms with Crippen LogP contribution in [0.5, 0.6) is 0 Å². The van der Waals surface area contributed by atoms with Gasteiger partial charge in [0.25, 0.3) is 5.56 Å². The van der Waals surface area contributed by atoms with Crippen molar-refractivity contribution < 1.29 is 9.53 Å². The van der Waals surface area contributed by atoms with Gasteiger partial charge in [0, 0.05) is 34.8 Å². The van der Waals surface area contributed by atoms with Gasteiger partial charge in [-0.2, -0.15) is 5.26 Å². The number of rotatable bonds is 7. The lowest BCUT2D eigenvalue weighted by Crippen LogP contribution is -2.39. The van der Waals surface area contributed by atoms with E-state index in [1.54, 1.807) is 11.5 Å². The molecule has 0 fully saturated rings. The second-order valence-electron chi connectivity index (χ2n) is 10.8. The molecule has 0 spiro atoms. The molecule has 6 aromatic rings. The zero-order valence-electron chi connectivity index (χ0n) is 25.0. The highest BCUT2D eigenvalue weighted by atomic mass is 32.1. The molecule has 0 saturated carbocycles. The maximum atomic E-state index is 14.4. The Labute approximate surface area is 268 Å². The topological polar surface area (TPSA) is 89.4 Å². The van der Waals surface area contributed by atoms with Gasteiger partial charge in [-0.05, 0) is 36.3 Å². The largest absolute Gasteiger partial charge is 0.463 e. The first-order chi connectivity index (χ1) is 22.6. The molecule has 1 aliphatic heterocycles. The van der Waals surface area contributed by atoms with E-state index in [2.05, 4.69) is 10.6 Å². The Kier molecular flexibility index (Phi) is 7.75. The van der Waals surface area contributed by atoms with Gasteiger partial charge >= 0.3 is 5.97 Å². The van der Waals surface area contributed by atoms with Crippen molar-refractivity contribution in [3.8, 4) is 6.07 Å². The highest BCUT2D eigenvalue weighted by molar-refractivity contribution is 7.07. The summed E-state index contributed by atoms with van der Waals surface area (Å²) in [7, 11) is 0. The van der Waals surface area contributed by atoms with Crippen LogP contribution in [-0.2, 0) is 16.1 Å². The number of benzene rings is 4. The van der Waals surface area contributed by atoms with E-state index in [4.69, 9.17) is 9.73 Å². The molecule has 46 heavy (non-hydrogen) atoms. The lowest BCUT2D eigenvalue weighted by atomic mass is 9.93. The molecule has 0 saturated heterocycles. The number of carbonyl (C=O) groups is 1. The molecule has 1 aliphatic rings. The maximum absolute atomic E-state index is 14.4. The molecule has 0 bridgehead atoms. The summed E-state index contributed by atoms with van der Waals surface area (Å²) >= 11 is 1.30. The normalized spacial score (nSPS) is 14.5. The number of nitriles is 1. The molecule has 224 valence electrons. The minimum atomic E-state index is -0.724. The Hall–Kier alpha value is -5.78. The van der Waals surface area contributed by atoms with Gasteiger partial charge in [-0.3, -0.25) is 9.36 Å². The van der Waals surface area contributed by atoms with Crippen molar-refractivity contribution in [1.29, 1.82) is 5.26 Å². The number of hydrogen-bond donors (Lipinski definition) is 0. The van der Waals surface area contributed by atoms with E-state index in [0.717, 1.165) is 33.2 Å². The first-order valence-electron chi connectivity index (χ1n) is 15.0. The Morgan fingerprint density at radius 3 is 2.41 bits per heavy atom. The molecule has 0 radical (unpaired) electrons. The summed E-state index contributed by atoms with van der Waals surface area (Å²) in [4.78, 5) is 33.4. The first-order valence-corrected chi connectivity index (χ1v) is 15.8. The van der Waals surface area contributed by atoms with Crippen molar-refractivity contribution >= 4 is 40.0 Å². The number of aromatic nitrogens is 2. The number of nitrogens with zero attached hydrogens (tertiary/aromatic N) is 4. The highest BCUT2D eigenvalue weighted by Crippen LogP contribution is 2.35. The number of ether oxygens (including phenoxy) is 1. The van der Waals surface area contributed by atoms with Crippen LogP contribution in [0.2, 0.25) is 0 Å². The van der Waals surface area contributed by atoms with Crippen LogP contribution in [-0.4, -0.2) is 21.7 Å². The van der Waals surface area contributed by atoms with Crippen LogP contribution in [0.15, 0.2) is 131 Å².